The molecule has 0 amide bonds. The molecular formula is C11H16BrNOS. The molecule has 3 N–H and O–H groups in total. The van der Waals surface area contributed by atoms with Crippen LogP contribution in [0.1, 0.15) is 18.9 Å². The van der Waals surface area contributed by atoms with Crippen LogP contribution in [0.2, 0.25) is 0 Å². The van der Waals surface area contributed by atoms with Crippen LogP contribution in [0.5, 0.6) is 0 Å². The monoisotopic (exact) mass is 289 g/mol. The number of rotatable bonds is 4. The van der Waals surface area contributed by atoms with Crippen LogP contribution in [0.25, 0.3) is 0 Å². The summed E-state index contributed by atoms with van der Waals surface area (Å²) in [5, 5.41) is 9.25. The first-order valence-electron chi connectivity index (χ1n) is 4.87. The molecule has 0 aliphatic rings. The lowest BCUT2D eigenvalue weighted by atomic mass is 10.2. The number of hydrogen-bond acceptors (Lipinski definition) is 3. The minimum Gasteiger partial charge on any atom is -0.398 e. The molecule has 0 heterocycles. The van der Waals surface area contributed by atoms with Crippen LogP contribution in [0.15, 0.2) is 21.5 Å². The van der Waals surface area contributed by atoms with E-state index in [0.717, 1.165) is 22.1 Å². The lowest BCUT2D eigenvalue weighted by Crippen LogP contribution is -2.00. The first-order chi connectivity index (χ1) is 7.04. The Bertz CT molecular complexity index is 344. The summed E-state index contributed by atoms with van der Waals surface area (Å²) in [5.74, 6) is 0. The van der Waals surface area contributed by atoms with E-state index in [1.54, 1.807) is 11.8 Å². The van der Waals surface area contributed by atoms with Crippen molar-refractivity contribution in [3.8, 4) is 0 Å². The highest BCUT2D eigenvalue weighted by Gasteiger charge is 2.08. The molecule has 1 rings (SSSR count). The molecule has 0 bridgehead atoms. The van der Waals surface area contributed by atoms with Crippen molar-refractivity contribution < 1.29 is 5.11 Å². The number of aliphatic hydroxyl groups is 1. The molecule has 0 aliphatic heterocycles. The molecule has 0 saturated heterocycles. The molecule has 0 radical (unpaired) electrons. The van der Waals surface area contributed by atoms with Crippen LogP contribution in [0.4, 0.5) is 5.69 Å². The van der Waals surface area contributed by atoms with Gasteiger partial charge in [0.25, 0.3) is 0 Å². The highest BCUT2D eigenvalue weighted by Crippen LogP contribution is 2.34. The van der Waals surface area contributed by atoms with Gasteiger partial charge in [-0.3, -0.25) is 0 Å². The predicted octanol–water partition coefficient (Wildman–Crippen LogP) is 3.20. The van der Waals surface area contributed by atoms with Crippen molar-refractivity contribution in [3.63, 3.8) is 0 Å². The van der Waals surface area contributed by atoms with Gasteiger partial charge >= 0.3 is 0 Å². The Labute approximate surface area is 103 Å². The fraction of sp³-hybridized carbons (Fsp3) is 0.455. The molecule has 1 aromatic rings. The minimum atomic E-state index is 0.236. The van der Waals surface area contributed by atoms with Crippen molar-refractivity contribution in [3.05, 3.63) is 22.2 Å². The predicted molar refractivity (Wildman–Crippen MR) is 70.3 cm³/mol. The number of nitrogen functional groups attached to an aromatic ring is 1. The van der Waals surface area contributed by atoms with E-state index < -0.39 is 0 Å². The van der Waals surface area contributed by atoms with Crippen molar-refractivity contribution in [1.82, 2.24) is 0 Å². The Balaban J connectivity index is 2.81. The summed E-state index contributed by atoms with van der Waals surface area (Å²) < 4.78 is 1.03. The van der Waals surface area contributed by atoms with E-state index in [9.17, 15) is 0 Å². The second kappa shape index (κ2) is 5.77. The third-order valence-corrected chi connectivity index (χ3v) is 4.33. The zero-order chi connectivity index (χ0) is 11.4. The fourth-order valence-corrected chi connectivity index (χ4v) is 2.93. The van der Waals surface area contributed by atoms with Crippen molar-refractivity contribution in [2.45, 2.75) is 30.4 Å². The molecule has 0 saturated carbocycles. The van der Waals surface area contributed by atoms with Gasteiger partial charge in [-0.15, -0.1) is 11.8 Å². The van der Waals surface area contributed by atoms with E-state index in [1.165, 1.54) is 4.90 Å². The zero-order valence-electron chi connectivity index (χ0n) is 8.96. The summed E-state index contributed by atoms with van der Waals surface area (Å²) in [7, 11) is 0. The van der Waals surface area contributed by atoms with Gasteiger partial charge in [0.05, 0.1) is 0 Å². The van der Waals surface area contributed by atoms with Gasteiger partial charge in [0.1, 0.15) is 0 Å². The highest BCUT2D eigenvalue weighted by atomic mass is 79.9. The van der Waals surface area contributed by atoms with Gasteiger partial charge in [0, 0.05) is 26.9 Å². The van der Waals surface area contributed by atoms with Crippen LogP contribution >= 0.6 is 27.7 Å². The number of benzene rings is 1. The van der Waals surface area contributed by atoms with Gasteiger partial charge in [0.2, 0.25) is 0 Å². The maximum atomic E-state index is 8.84. The van der Waals surface area contributed by atoms with Gasteiger partial charge in [0.15, 0.2) is 0 Å². The molecule has 1 unspecified atom stereocenters. The Kier molecular flexibility index (Phi) is 4.96. The Morgan fingerprint density at radius 1 is 1.53 bits per heavy atom. The van der Waals surface area contributed by atoms with E-state index in [2.05, 4.69) is 28.9 Å². The van der Waals surface area contributed by atoms with Gasteiger partial charge in [-0.25, -0.2) is 0 Å². The highest BCUT2D eigenvalue weighted by molar-refractivity contribution is 9.10. The summed E-state index contributed by atoms with van der Waals surface area (Å²) >= 11 is 5.25. The van der Waals surface area contributed by atoms with Gasteiger partial charge < -0.3 is 10.8 Å². The summed E-state index contributed by atoms with van der Waals surface area (Å²) in [6.45, 7) is 4.35. The van der Waals surface area contributed by atoms with E-state index in [-0.39, 0.29) is 6.61 Å². The van der Waals surface area contributed by atoms with E-state index in [1.807, 2.05) is 13.0 Å². The molecular weight excluding hydrogens is 274 g/mol. The van der Waals surface area contributed by atoms with E-state index >= 15 is 0 Å². The normalized spacial score (nSPS) is 12.8. The van der Waals surface area contributed by atoms with Crippen LogP contribution < -0.4 is 5.73 Å². The first-order valence-corrected chi connectivity index (χ1v) is 6.55. The average molecular weight is 290 g/mol. The topological polar surface area (TPSA) is 46.2 Å². The quantitative estimate of drug-likeness (QED) is 0.661. The van der Waals surface area contributed by atoms with E-state index in [0.29, 0.717) is 5.25 Å². The van der Waals surface area contributed by atoms with E-state index in [4.69, 9.17) is 10.8 Å². The summed E-state index contributed by atoms with van der Waals surface area (Å²) in [6, 6.07) is 4.02. The van der Waals surface area contributed by atoms with Gasteiger partial charge in [-0.2, -0.15) is 0 Å². The molecule has 0 aliphatic carbocycles. The number of nitrogens with two attached hydrogens (primary N) is 1. The molecule has 1 atom stereocenters. The van der Waals surface area contributed by atoms with Crippen molar-refractivity contribution >= 4 is 33.4 Å². The summed E-state index contributed by atoms with van der Waals surface area (Å²) in [4.78, 5) is 1.18. The number of anilines is 1. The zero-order valence-corrected chi connectivity index (χ0v) is 11.4. The van der Waals surface area contributed by atoms with Crippen molar-refractivity contribution in [1.29, 1.82) is 0 Å². The standard InChI is InChI=1S/C11H16BrNOS/c1-7-5-11(9(12)6-10(7)13)15-8(2)3-4-14/h5-6,8,14H,3-4,13H2,1-2H3. The SMILES string of the molecule is Cc1cc(SC(C)CCO)c(Br)cc1N. The smallest absolute Gasteiger partial charge is 0.0441 e. The summed E-state index contributed by atoms with van der Waals surface area (Å²) in [6.07, 6.45) is 0.806. The second-order valence-electron chi connectivity index (χ2n) is 3.58. The largest absolute Gasteiger partial charge is 0.398 e. The maximum absolute atomic E-state index is 8.84. The molecule has 1 aromatic carbocycles. The Morgan fingerprint density at radius 3 is 2.80 bits per heavy atom. The minimum absolute atomic E-state index is 0.236. The molecule has 0 aromatic heterocycles. The maximum Gasteiger partial charge on any atom is 0.0441 e. The average Bonchev–Trinajstić information content (AvgIpc) is 2.14. The van der Waals surface area contributed by atoms with Crippen LogP contribution in [0.3, 0.4) is 0 Å². The van der Waals surface area contributed by atoms with Crippen LogP contribution in [-0.2, 0) is 0 Å². The lowest BCUT2D eigenvalue weighted by molar-refractivity contribution is 0.289. The number of hydrogen-bond donors (Lipinski definition) is 2. The fourth-order valence-electron chi connectivity index (χ4n) is 1.22. The second-order valence-corrected chi connectivity index (χ2v) is 5.91. The first kappa shape index (κ1) is 12.9. The number of thioether (sulfide) groups is 1. The summed E-state index contributed by atoms with van der Waals surface area (Å²) in [5.41, 5.74) is 7.70. The number of halogens is 1. The molecule has 15 heavy (non-hydrogen) atoms. The van der Waals surface area contributed by atoms with Crippen molar-refractivity contribution in [2.24, 2.45) is 0 Å². The Morgan fingerprint density at radius 2 is 2.20 bits per heavy atom. The van der Waals surface area contributed by atoms with Gasteiger partial charge in [-0.05, 0) is 47.0 Å². The molecule has 4 heteroatoms. The number of aryl methyl sites for hydroxylation is 1. The number of aliphatic hydroxyl groups excluding tert-OH is 1. The van der Waals surface area contributed by atoms with Crippen LogP contribution in [0, 0.1) is 6.92 Å². The Hall–Kier alpha value is -0.190. The molecule has 0 spiro atoms. The third-order valence-electron chi connectivity index (χ3n) is 2.18. The van der Waals surface area contributed by atoms with Crippen LogP contribution in [-0.4, -0.2) is 17.0 Å². The molecule has 0 fully saturated rings. The molecule has 84 valence electrons. The van der Waals surface area contributed by atoms with Crippen molar-refractivity contribution in [2.75, 3.05) is 12.3 Å². The van der Waals surface area contributed by atoms with Gasteiger partial charge in [-0.1, -0.05) is 6.92 Å². The molecule has 2 nitrogen and oxygen atoms in total. The lowest BCUT2D eigenvalue weighted by Gasteiger charge is -2.12. The third kappa shape index (κ3) is 3.70.